The number of carbonyl (C=O) groups excluding carboxylic acids is 1. The summed E-state index contributed by atoms with van der Waals surface area (Å²) in [5, 5.41) is 7.82. The summed E-state index contributed by atoms with van der Waals surface area (Å²) in [6, 6.07) is 7.62. The molecule has 0 aliphatic carbocycles. The molecule has 1 heterocycles. The summed E-state index contributed by atoms with van der Waals surface area (Å²) in [7, 11) is 4.03. The van der Waals surface area contributed by atoms with Gasteiger partial charge in [0.05, 0.1) is 18.3 Å². The summed E-state index contributed by atoms with van der Waals surface area (Å²) >= 11 is 6.13. The number of nitrogens with one attached hydrogen (secondary N) is 1. The van der Waals surface area contributed by atoms with E-state index in [9.17, 15) is 4.79 Å². The molecule has 0 aliphatic rings. The summed E-state index contributed by atoms with van der Waals surface area (Å²) in [5.41, 5.74) is 1.54. The van der Waals surface area contributed by atoms with Gasteiger partial charge in [-0.05, 0) is 38.7 Å². The third kappa shape index (κ3) is 4.86. The van der Waals surface area contributed by atoms with Crippen molar-refractivity contribution in [1.82, 2.24) is 20.0 Å². The van der Waals surface area contributed by atoms with Crippen LogP contribution in [0.15, 0.2) is 36.7 Å². The van der Waals surface area contributed by atoms with E-state index in [1.165, 1.54) is 0 Å². The molecule has 0 atom stereocenters. The number of hydrogen-bond donors (Lipinski definition) is 1. The van der Waals surface area contributed by atoms with E-state index in [0.29, 0.717) is 23.7 Å². The van der Waals surface area contributed by atoms with Gasteiger partial charge in [-0.25, -0.2) is 0 Å². The van der Waals surface area contributed by atoms with Crippen molar-refractivity contribution in [3.8, 4) is 0 Å². The second-order valence-corrected chi connectivity index (χ2v) is 5.84. The van der Waals surface area contributed by atoms with Gasteiger partial charge in [-0.3, -0.25) is 9.48 Å². The van der Waals surface area contributed by atoms with E-state index in [4.69, 9.17) is 11.6 Å². The first-order valence-corrected chi connectivity index (χ1v) is 7.63. The van der Waals surface area contributed by atoms with Crippen LogP contribution in [0, 0.1) is 0 Å². The minimum Gasteiger partial charge on any atom is -0.352 e. The van der Waals surface area contributed by atoms with Gasteiger partial charge in [0, 0.05) is 17.8 Å². The van der Waals surface area contributed by atoms with E-state index in [0.717, 1.165) is 18.5 Å². The van der Waals surface area contributed by atoms with Gasteiger partial charge in [0.25, 0.3) is 5.91 Å². The van der Waals surface area contributed by atoms with Crippen molar-refractivity contribution in [3.63, 3.8) is 0 Å². The molecule has 1 aromatic heterocycles. The van der Waals surface area contributed by atoms with Crippen LogP contribution in [0.1, 0.15) is 22.3 Å². The Morgan fingerprint density at radius 3 is 2.86 bits per heavy atom. The fourth-order valence-corrected chi connectivity index (χ4v) is 2.26. The van der Waals surface area contributed by atoms with E-state index in [1.54, 1.807) is 17.1 Å². The number of aromatic nitrogens is 2. The molecule has 0 radical (unpaired) electrons. The van der Waals surface area contributed by atoms with Gasteiger partial charge in [-0.2, -0.15) is 5.10 Å². The number of rotatable bonds is 7. The van der Waals surface area contributed by atoms with Crippen LogP contribution in [0.2, 0.25) is 5.02 Å². The summed E-state index contributed by atoms with van der Waals surface area (Å²) in [5.74, 6) is -0.0934. The number of benzene rings is 1. The summed E-state index contributed by atoms with van der Waals surface area (Å²) < 4.78 is 1.72. The van der Waals surface area contributed by atoms with Crippen molar-refractivity contribution in [2.75, 3.05) is 27.2 Å². The first-order valence-electron chi connectivity index (χ1n) is 7.25. The van der Waals surface area contributed by atoms with Crippen LogP contribution in [-0.4, -0.2) is 47.8 Å². The minimum atomic E-state index is -0.0934. The van der Waals surface area contributed by atoms with E-state index in [-0.39, 0.29) is 5.91 Å². The van der Waals surface area contributed by atoms with Crippen LogP contribution in [0.25, 0.3) is 0 Å². The number of carbonyl (C=O) groups is 1. The Hall–Kier alpha value is -1.85. The maximum absolute atomic E-state index is 12.0. The standard InChI is InChI=1S/C16H21ClN4O/c1-20(2)9-5-8-18-16(22)14-10-19-21(12-14)11-13-6-3-4-7-15(13)17/h3-4,6-7,10,12H,5,8-9,11H2,1-2H3,(H,18,22). The second kappa shape index (κ2) is 7.96. The molecule has 22 heavy (non-hydrogen) atoms. The second-order valence-electron chi connectivity index (χ2n) is 5.43. The van der Waals surface area contributed by atoms with Gasteiger partial charge in [0.15, 0.2) is 0 Å². The molecule has 0 saturated heterocycles. The first-order chi connectivity index (χ1) is 10.6. The van der Waals surface area contributed by atoms with E-state index < -0.39 is 0 Å². The Bertz CT molecular complexity index is 624. The average molecular weight is 321 g/mol. The van der Waals surface area contributed by atoms with Gasteiger partial charge < -0.3 is 10.2 Å². The number of nitrogens with zero attached hydrogens (tertiary/aromatic N) is 3. The lowest BCUT2D eigenvalue weighted by Gasteiger charge is -2.09. The van der Waals surface area contributed by atoms with Crippen molar-refractivity contribution in [3.05, 3.63) is 52.8 Å². The largest absolute Gasteiger partial charge is 0.352 e. The fourth-order valence-electron chi connectivity index (χ4n) is 2.07. The SMILES string of the molecule is CN(C)CCCNC(=O)c1cnn(Cc2ccccc2Cl)c1. The van der Waals surface area contributed by atoms with E-state index in [1.807, 2.05) is 38.4 Å². The van der Waals surface area contributed by atoms with Crippen molar-refractivity contribution >= 4 is 17.5 Å². The quantitative estimate of drug-likeness (QED) is 0.796. The predicted octanol–water partition coefficient (Wildman–Crippen LogP) is 2.27. The molecule has 1 aromatic carbocycles. The molecule has 1 N–H and O–H groups in total. The van der Waals surface area contributed by atoms with Crippen molar-refractivity contribution in [2.45, 2.75) is 13.0 Å². The van der Waals surface area contributed by atoms with Crippen LogP contribution in [0.4, 0.5) is 0 Å². The zero-order valence-electron chi connectivity index (χ0n) is 12.9. The Morgan fingerprint density at radius 2 is 2.14 bits per heavy atom. The highest BCUT2D eigenvalue weighted by molar-refractivity contribution is 6.31. The van der Waals surface area contributed by atoms with Crippen LogP contribution >= 0.6 is 11.6 Å². The Morgan fingerprint density at radius 1 is 1.36 bits per heavy atom. The first kappa shape index (κ1) is 16.5. The van der Waals surface area contributed by atoms with E-state index in [2.05, 4.69) is 15.3 Å². The number of amides is 1. The van der Waals surface area contributed by atoms with Crippen LogP contribution in [0.3, 0.4) is 0 Å². The highest BCUT2D eigenvalue weighted by atomic mass is 35.5. The average Bonchev–Trinajstić information content (AvgIpc) is 2.94. The van der Waals surface area contributed by atoms with Crippen molar-refractivity contribution in [2.24, 2.45) is 0 Å². The summed E-state index contributed by atoms with van der Waals surface area (Å²) in [6.45, 7) is 2.16. The van der Waals surface area contributed by atoms with Crippen molar-refractivity contribution in [1.29, 1.82) is 0 Å². The number of hydrogen-bond acceptors (Lipinski definition) is 3. The molecule has 5 nitrogen and oxygen atoms in total. The molecular formula is C16H21ClN4O. The number of halogens is 1. The molecule has 0 spiro atoms. The maximum Gasteiger partial charge on any atom is 0.254 e. The van der Waals surface area contributed by atoms with Crippen LogP contribution in [0.5, 0.6) is 0 Å². The molecule has 2 rings (SSSR count). The molecule has 0 bridgehead atoms. The fraction of sp³-hybridized carbons (Fsp3) is 0.375. The molecular weight excluding hydrogens is 300 g/mol. The normalized spacial score (nSPS) is 10.9. The minimum absolute atomic E-state index is 0.0934. The third-order valence-electron chi connectivity index (χ3n) is 3.25. The molecule has 0 saturated carbocycles. The van der Waals surface area contributed by atoms with Gasteiger partial charge in [0.1, 0.15) is 0 Å². The van der Waals surface area contributed by atoms with Gasteiger partial charge in [-0.1, -0.05) is 29.8 Å². The lowest BCUT2D eigenvalue weighted by Crippen LogP contribution is -2.26. The zero-order valence-corrected chi connectivity index (χ0v) is 13.7. The smallest absolute Gasteiger partial charge is 0.254 e. The van der Waals surface area contributed by atoms with Gasteiger partial charge in [0.2, 0.25) is 0 Å². The van der Waals surface area contributed by atoms with Crippen molar-refractivity contribution < 1.29 is 4.79 Å². The maximum atomic E-state index is 12.0. The lowest BCUT2D eigenvalue weighted by molar-refractivity contribution is 0.0952. The molecule has 2 aromatic rings. The van der Waals surface area contributed by atoms with Crippen LogP contribution < -0.4 is 5.32 Å². The van der Waals surface area contributed by atoms with Gasteiger partial charge in [-0.15, -0.1) is 0 Å². The third-order valence-corrected chi connectivity index (χ3v) is 3.62. The molecule has 0 fully saturated rings. The highest BCUT2D eigenvalue weighted by Crippen LogP contribution is 2.16. The lowest BCUT2D eigenvalue weighted by atomic mass is 10.2. The van der Waals surface area contributed by atoms with Crippen LogP contribution in [-0.2, 0) is 6.54 Å². The van der Waals surface area contributed by atoms with E-state index >= 15 is 0 Å². The Kier molecular flexibility index (Phi) is 5.98. The molecule has 0 unspecified atom stereocenters. The predicted molar refractivity (Wildman–Crippen MR) is 88.3 cm³/mol. The molecule has 1 amide bonds. The monoisotopic (exact) mass is 320 g/mol. The topological polar surface area (TPSA) is 50.2 Å². The summed E-state index contributed by atoms with van der Waals surface area (Å²) in [6.07, 6.45) is 4.25. The van der Waals surface area contributed by atoms with Gasteiger partial charge >= 0.3 is 0 Å². The molecule has 6 heteroatoms. The molecule has 118 valence electrons. The highest BCUT2D eigenvalue weighted by Gasteiger charge is 2.09. The Balaban J connectivity index is 1.88. The molecule has 0 aliphatic heterocycles. The Labute approximate surface area is 135 Å². The summed E-state index contributed by atoms with van der Waals surface area (Å²) in [4.78, 5) is 14.1. The zero-order chi connectivity index (χ0) is 15.9.